The van der Waals surface area contributed by atoms with Crippen LogP contribution in [-0.4, -0.2) is 36.4 Å². The Labute approximate surface area is 200 Å². The molecule has 1 atom stereocenters. The van der Waals surface area contributed by atoms with E-state index in [-0.39, 0.29) is 5.41 Å². The van der Waals surface area contributed by atoms with Crippen molar-refractivity contribution in [2.24, 2.45) is 11.1 Å². The average molecular weight is 464 g/mol. The van der Waals surface area contributed by atoms with E-state index in [1.54, 1.807) is 18.4 Å². The summed E-state index contributed by atoms with van der Waals surface area (Å²) in [5, 5.41) is 17.8. The highest BCUT2D eigenvalue weighted by molar-refractivity contribution is 7.10. The Morgan fingerprint density at radius 3 is 2.88 bits per heavy atom. The van der Waals surface area contributed by atoms with Crippen molar-refractivity contribution in [3.05, 3.63) is 57.9 Å². The van der Waals surface area contributed by atoms with Gasteiger partial charge in [0.1, 0.15) is 5.75 Å². The first-order valence-corrected chi connectivity index (χ1v) is 12.6. The third-order valence-electron chi connectivity index (χ3n) is 6.93. The van der Waals surface area contributed by atoms with Crippen LogP contribution in [0.1, 0.15) is 48.1 Å². The van der Waals surface area contributed by atoms with Gasteiger partial charge in [-0.25, -0.2) is 0 Å². The SMILES string of the molecule is COc1ccc2ncc(CN)c(CCCC3(C(O)CC#Cc4cccs4)CCNCC3)c2c1. The van der Waals surface area contributed by atoms with Crippen LogP contribution in [0.2, 0.25) is 0 Å². The van der Waals surface area contributed by atoms with Gasteiger partial charge in [-0.3, -0.25) is 4.98 Å². The van der Waals surface area contributed by atoms with Crippen molar-refractivity contribution in [3.8, 4) is 17.6 Å². The molecular weight excluding hydrogens is 430 g/mol. The van der Waals surface area contributed by atoms with Gasteiger partial charge in [0.25, 0.3) is 0 Å². The molecule has 0 aliphatic carbocycles. The number of benzene rings is 1. The number of aliphatic hydroxyl groups is 1. The molecule has 1 aliphatic heterocycles. The quantitative estimate of drug-likeness (QED) is 0.435. The second-order valence-corrected chi connectivity index (χ2v) is 9.76. The molecule has 3 heterocycles. The van der Waals surface area contributed by atoms with Crippen LogP contribution in [0.3, 0.4) is 0 Å². The number of pyridine rings is 1. The van der Waals surface area contributed by atoms with Gasteiger partial charge in [0.15, 0.2) is 0 Å². The minimum atomic E-state index is -0.421. The van der Waals surface area contributed by atoms with E-state index in [4.69, 9.17) is 10.5 Å². The van der Waals surface area contributed by atoms with Crippen molar-refractivity contribution in [1.29, 1.82) is 0 Å². The summed E-state index contributed by atoms with van der Waals surface area (Å²) in [5.41, 5.74) is 9.25. The zero-order valence-electron chi connectivity index (χ0n) is 19.3. The highest BCUT2D eigenvalue weighted by atomic mass is 32.1. The minimum Gasteiger partial charge on any atom is -0.497 e. The fourth-order valence-corrected chi connectivity index (χ4v) is 5.55. The zero-order valence-corrected chi connectivity index (χ0v) is 20.1. The number of methoxy groups -OCH3 is 1. The number of hydrogen-bond acceptors (Lipinski definition) is 6. The molecule has 4 N–H and O–H groups in total. The Balaban J connectivity index is 1.50. The molecule has 4 rings (SSSR count). The van der Waals surface area contributed by atoms with E-state index in [1.807, 2.05) is 35.8 Å². The molecule has 1 aliphatic rings. The number of ether oxygens (including phenoxy) is 1. The van der Waals surface area contributed by atoms with Crippen molar-refractivity contribution in [2.75, 3.05) is 20.2 Å². The second-order valence-electron chi connectivity index (χ2n) is 8.81. The molecule has 33 heavy (non-hydrogen) atoms. The van der Waals surface area contributed by atoms with Crippen LogP contribution in [0.25, 0.3) is 10.9 Å². The maximum Gasteiger partial charge on any atom is 0.119 e. The van der Waals surface area contributed by atoms with E-state index >= 15 is 0 Å². The van der Waals surface area contributed by atoms with Gasteiger partial charge in [0.05, 0.1) is 23.6 Å². The summed E-state index contributed by atoms with van der Waals surface area (Å²) >= 11 is 1.64. The molecule has 2 aromatic heterocycles. The van der Waals surface area contributed by atoms with Gasteiger partial charge in [-0.1, -0.05) is 17.9 Å². The van der Waals surface area contributed by atoms with Crippen LogP contribution < -0.4 is 15.8 Å². The van der Waals surface area contributed by atoms with Crippen molar-refractivity contribution in [1.82, 2.24) is 10.3 Å². The summed E-state index contributed by atoms with van der Waals surface area (Å²) in [6.07, 6.45) is 6.80. The first-order chi connectivity index (χ1) is 16.1. The summed E-state index contributed by atoms with van der Waals surface area (Å²) < 4.78 is 5.45. The third-order valence-corrected chi connectivity index (χ3v) is 7.72. The van der Waals surface area contributed by atoms with Crippen LogP contribution in [0, 0.1) is 17.3 Å². The molecule has 0 radical (unpaired) electrons. The number of aliphatic hydroxyl groups excluding tert-OH is 1. The highest BCUT2D eigenvalue weighted by Gasteiger charge is 2.38. The third kappa shape index (κ3) is 5.56. The van der Waals surface area contributed by atoms with Crippen molar-refractivity contribution in [3.63, 3.8) is 0 Å². The Bertz CT molecular complexity index is 1110. The molecule has 3 aromatic rings. The van der Waals surface area contributed by atoms with Crippen LogP contribution in [0.4, 0.5) is 0 Å². The monoisotopic (exact) mass is 463 g/mol. The van der Waals surface area contributed by atoms with Crippen molar-refractivity contribution >= 4 is 22.2 Å². The molecule has 1 saturated heterocycles. The first kappa shape index (κ1) is 23.7. The van der Waals surface area contributed by atoms with Crippen molar-refractivity contribution < 1.29 is 9.84 Å². The largest absolute Gasteiger partial charge is 0.497 e. The molecule has 174 valence electrons. The molecule has 0 spiro atoms. The summed E-state index contributed by atoms with van der Waals surface area (Å²) in [4.78, 5) is 5.64. The number of hydrogen-bond donors (Lipinski definition) is 3. The molecule has 6 heteroatoms. The Morgan fingerprint density at radius 2 is 2.15 bits per heavy atom. The second kappa shape index (κ2) is 11.1. The molecule has 1 fully saturated rings. The number of nitrogens with two attached hydrogens (primary N) is 1. The van der Waals surface area contributed by atoms with Gasteiger partial charge < -0.3 is 20.9 Å². The standard InChI is InChI=1S/C27H33N3O2S/c1-32-21-9-10-25-24(17-21)23(20(18-28)19-30-25)7-3-11-27(12-14-29-15-13-27)26(31)8-2-5-22-6-4-16-33-22/h4,6,9-10,16-17,19,26,29,31H,3,7-8,11-15,18,28H2,1H3. The van der Waals surface area contributed by atoms with E-state index < -0.39 is 6.10 Å². The molecule has 0 saturated carbocycles. The lowest BCUT2D eigenvalue weighted by atomic mass is 9.69. The maximum atomic E-state index is 11.2. The number of rotatable bonds is 8. The molecule has 5 nitrogen and oxygen atoms in total. The van der Waals surface area contributed by atoms with Crippen LogP contribution in [0.5, 0.6) is 5.75 Å². The fourth-order valence-electron chi connectivity index (χ4n) is 4.96. The van der Waals surface area contributed by atoms with Gasteiger partial charge in [0, 0.05) is 24.5 Å². The smallest absolute Gasteiger partial charge is 0.119 e. The van der Waals surface area contributed by atoms with Gasteiger partial charge >= 0.3 is 0 Å². The predicted octanol–water partition coefficient (Wildman–Crippen LogP) is 4.26. The van der Waals surface area contributed by atoms with Crippen LogP contribution in [0.15, 0.2) is 41.9 Å². The summed E-state index contributed by atoms with van der Waals surface area (Å²) in [5.74, 6) is 7.25. The average Bonchev–Trinajstić information content (AvgIpc) is 3.38. The highest BCUT2D eigenvalue weighted by Crippen LogP contribution is 2.40. The lowest BCUT2D eigenvalue weighted by Gasteiger charge is -2.41. The number of nitrogens with one attached hydrogen (secondary N) is 1. The molecule has 1 aromatic carbocycles. The molecular formula is C27H33N3O2S. The lowest BCUT2D eigenvalue weighted by Crippen LogP contribution is -2.44. The fraction of sp³-hybridized carbons (Fsp3) is 0.444. The van der Waals surface area contributed by atoms with E-state index in [0.717, 1.165) is 72.3 Å². The number of aromatic nitrogens is 1. The molecule has 0 bridgehead atoms. The lowest BCUT2D eigenvalue weighted by molar-refractivity contribution is -0.00338. The van der Waals surface area contributed by atoms with E-state index in [0.29, 0.717) is 13.0 Å². The first-order valence-electron chi connectivity index (χ1n) is 11.7. The summed E-state index contributed by atoms with van der Waals surface area (Å²) in [6, 6.07) is 10.0. The van der Waals surface area contributed by atoms with Gasteiger partial charge in [-0.05, 0) is 91.4 Å². The Kier molecular flexibility index (Phi) is 8.00. The summed E-state index contributed by atoms with van der Waals surface area (Å²) in [7, 11) is 1.69. The number of nitrogens with zero attached hydrogens (tertiary/aromatic N) is 1. The van der Waals surface area contributed by atoms with Gasteiger partial charge in [0.2, 0.25) is 0 Å². The topological polar surface area (TPSA) is 80.4 Å². The number of fused-ring (bicyclic) bond motifs is 1. The van der Waals surface area contributed by atoms with E-state index in [2.05, 4.69) is 28.2 Å². The molecule has 0 amide bonds. The van der Waals surface area contributed by atoms with Crippen LogP contribution >= 0.6 is 11.3 Å². The van der Waals surface area contributed by atoms with Crippen LogP contribution in [-0.2, 0) is 13.0 Å². The molecule has 1 unspecified atom stereocenters. The Hall–Kier alpha value is -2.43. The minimum absolute atomic E-state index is 0.0984. The predicted molar refractivity (Wildman–Crippen MR) is 135 cm³/mol. The Morgan fingerprint density at radius 1 is 1.30 bits per heavy atom. The van der Waals surface area contributed by atoms with Crippen molar-refractivity contribution in [2.45, 2.75) is 51.2 Å². The zero-order chi connectivity index (χ0) is 23.1. The van der Waals surface area contributed by atoms with E-state index in [1.165, 1.54) is 5.56 Å². The number of thiophene rings is 1. The number of aryl methyl sites for hydroxylation is 1. The summed E-state index contributed by atoms with van der Waals surface area (Å²) in [6.45, 7) is 2.35. The van der Waals surface area contributed by atoms with Gasteiger partial charge in [-0.15, -0.1) is 11.3 Å². The van der Waals surface area contributed by atoms with E-state index in [9.17, 15) is 5.11 Å². The normalized spacial score (nSPS) is 16.2. The maximum absolute atomic E-state index is 11.2. The van der Waals surface area contributed by atoms with Gasteiger partial charge in [-0.2, -0.15) is 0 Å². The number of piperidine rings is 1.